The number of fused-ring (bicyclic) bond motifs is 1. The number of hydrogen-bond donors (Lipinski definition) is 3. The predicted molar refractivity (Wildman–Crippen MR) is 195 cm³/mol. The second-order valence-electron chi connectivity index (χ2n) is 14.4. The molecule has 17 heteroatoms. The van der Waals surface area contributed by atoms with Crippen molar-refractivity contribution in [3.05, 3.63) is 60.4 Å². The van der Waals surface area contributed by atoms with Gasteiger partial charge >= 0.3 is 25.7 Å². The van der Waals surface area contributed by atoms with Crippen LogP contribution in [0.15, 0.2) is 54.7 Å². The van der Waals surface area contributed by atoms with Gasteiger partial charge in [-0.05, 0) is 68.9 Å². The van der Waals surface area contributed by atoms with Crippen LogP contribution in [0.5, 0.6) is 5.75 Å². The summed E-state index contributed by atoms with van der Waals surface area (Å²) in [4.78, 5) is 39.6. The van der Waals surface area contributed by atoms with Gasteiger partial charge in [0.2, 0.25) is 5.60 Å². The van der Waals surface area contributed by atoms with E-state index in [0.29, 0.717) is 16.9 Å². The van der Waals surface area contributed by atoms with E-state index in [1.54, 1.807) is 64.1 Å². The number of anilines is 1. The minimum Gasteiger partial charge on any atom is -0.464 e. The number of aromatic nitrogens is 2. The highest BCUT2D eigenvalue weighted by Gasteiger charge is 2.62. The van der Waals surface area contributed by atoms with Crippen LogP contribution >= 0.6 is 7.75 Å². The van der Waals surface area contributed by atoms with Crippen LogP contribution in [-0.2, 0) is 42.4 Å². The van der Waals surface area contributed by atoms with Crippen LogP contribution in [0.4, 0.5) is 5.69 Å². The lowest BCUT2D eigenvalue weighted by molar-refractivity contribution is -0.173. The van der Waals surface area contributed by atoms with Crippen LogP contribution in [0.3, 0.4) is 0 Å². The molecule has 5 N–H and O–H groups in total. The molecule has 3 heterocycles. The zero-order valence-corrected chi connectivity index (χ0v) is 32.0. The second-order valence-corrected chi connectivity index (χ2v) is 16.1. The van der Waals surface area contributed by atoms with Gasteiger partial charge in [-0.2, -0.15) is 15.4 Å². The summed E-state index contributed by atoms with van der Waals surface area (Å²) < 4.78 is 51.7. The van der Waals surface area contributed by atoms with Gasteiger partial charge in [-0.15, -0.1) is 0 Å². The minimum atomic E-state index is -4.57. The number of benzene rings is 1. The van der Waals surface area contributed by atoms with Crippen LogP contribution in [0.25, 0.3) is 5.52 Å². The molecule has 1 aliphatic carbocycles. The van der Waals surface area contributed by atoms with Crippen molar-refractivity contribution in [2.75, 3.05) is 18.9 Å². The van der Waals surface area contributed by atoms with Crippen molar-refractivity contribution in [3.63, 3.8) is 0 Å². The number of nitrogens with one attached hydrogen (secondary N) is 1. The summed E-state index contributed by atoms with van der Waals surface area (Å²) in [6.45, 7) is 7.21. The molecular weight excluding hydrogens is 719 g/mol. The zero-order valence-electron chi connectivity index (χ0n) is 31.1. The molecule has 2 fully saturated rings. The first-order chi connectivity index (χ1) is 25.6. The molecular formula is C37H49N6O10P. The van der Waals surface area contributed by atoms with Crippen LogP contribution in [-0.4, -0.2) is 70.6 Å². The Morgan fingerprint density at radius 3 is 2.31 bits per heavy atom. The minimum absolute atomic E-state index is 0.124. The number of hydrogen-bond acceptors (Lipinski definition) is 14. The van der Waals surface area contributed by atoms with Crippen molar-refractivity contribution in [1.82, 2.24) is 14.7 Å². The molecule has 16 nitrogen and oxygen atoms in total. The average Bonchev–Trinajstić information content (AvgIpc) is 3.70. The van der Waals surface area contributed by atoms with Crippen LogP contribution in [0, 0.1) is 29.1 Å². The van der Waals surface area contributed by atoms with Crippen LogP contribution in [0.2, 0.25) is 0 Å². The van der Waals surface area contributed by atoms with Gasteiger partial charge in [0.15, 0.2) is 12.2 Å². The Balaban J connectivity index is 1.48. The summed E-state index contributed by atoms with van der Waals surface area (Å²) in [6.07, 6.45) is 0.518. The van der Waals surface area contributed by atoms with E-state index in [9.17, 15) is 24.2 Å². The Morgan fingerprint density at radius 1 is 1.00 bits per heavy atom. The van der Waals surface area contributed by atoms with E-state index in [2.05, 4.69) is 16.3 Å². The molecule has 1 aliphatic heterocycles. The molecule has 2 aliphatic rings. The van der Waals surface area contributed by atoms with Crippen molar-refractivity contribution >= 4 is 36.9 Å². The second kappa shape index (κ2) is 17.3. The highest BCUT2D eigenvalue weighted by molar-refractivity contribution is 7.52. The molecule has 0 bridgehead atoms. The topological polar surface area (TPSA) is 229 Å². The number of nitrogens with zero attached hydrogens (tertiary/aromatic N) is 3. The van der Waals surface area contributed by atoms with Crippen molar-refractivity contribution in [1.29, 1.82) is 5.26 Å². The summed E-state index contributed by atoms with van der Waals surface area (Å²) in [5.41, 5.74) is 11.2. The Kier molecular flexibility index (Phi) is 13.0. The molecule has 1 aromatic carbocycles. The van der Waals surface area contributed by atoms with Crippen molar-refractivity contribution < 1.29 is 46.9 Å². The van der Waals surface area contributed by atoms with E-state index in [1.807, 2.05) is 0 Å². The van der Waals surface area contributed by atoms with E-state index < -0.39 is 74.1 Å². The monoisotopic (exact) mass is 768 g/mol. The number of nitrogens with two attached hydrogens (primary N) is 2. The van der Waals surface area contributed by atoms with Gasteiger partial charge in [-0.25, -0.2) is 9.08 Å². The zero-order chi connectivity index (χ0) is 39.2. The molecule has 0 radical (unpaired) electrons. The molecule has 292 valence electrons. The molecule has 0 spiro atoms. The van der Waals surface area contributed by atoms with Crippen molar-refractivity contribution in [3.8, 4) is 11.8 Å². The molecule has 1 unspecified atom stereocenters. The predicted octanol–water partition coefficient (Wildman–Crippen LogP) is 4.63. The highest BCUT2D eigenvalue weighted by atomic mass is 31.2. The number of esters is 3. The average molecular weight is 769 g/mol. The Hall–Kier alpha value is -4.52. The van der Waals surface area contributed by atoms with E-state index in [-0.39, 0.29) is 24.3 Å². The third-order valence-corrected chi connectivity index (χ3v) is 11.0. The van der Waals surface area contributed by atoms with Crippen molar-refractivity contribution in [2.45, 2.75) is 96.3 Å². The maximum absolute atomic E-state index is 14.6. The third kappa shape index (κ3) is 9.40. The fraction of sp³-hybridized carbons (Fsp3) is 0.541. The third-order valence-electron chi connectivity index (χ3n) is 9.41. The number of nitriles is 1. The van der Waals surface area contributed by atoms with E-state index in [1.165, 1.54) is 29.8 Å². The summed E-state index contributed by atoms with van der Waals surface area (Å²) in [5.74, 6) is -3.09. The van der Waals surface area contributed by atoms with Gasteiger partial charge in [0.05, 0.1) is 35.3 Å². The first-order valence-electron chi connectivity index (χ1n) is 18.1. The molecule has 54 heavy (non-hydrogen) atoms. The number of nitrogen functional groups attached to an aromatic ring is 1. The van der Waals surface area contributed by atoms with Crippen molar-refractivity contribution in [2.24, 2.45) is 23.5 Å². The standard InChI is InChI=1S/C37H49N6O10P/c1-22(2)34(44)50-32-31(30-16-15-29-28(40)17-18-41-43(29)30)52-37(20-38,33(32)51-35(45)23(3)4)21-49-54(47,53-27-9-7-6-8-10-27)42-24(5)36(46)48-19-25-11-13-26(39)14-12-25/h6-10,15-18,22-26,31-33H,11-14,19,21,39-40H2,1-5H3,(H,42,47)/t24-,25?,26?,31-,32-,33-,37+,54?/m0/s1. The quantitative estimate of drug-likeness (QED) is 0.109. The van der Waals surface area contributed by atoms with Gasteiger partial charge in [0.25, 0.3) is 0 Å². The largest absolute Gasteiger partial charge is 0.464 e. The van der Waals surface area contributed by atoms with E-state index in [0.717, 1.165) is 25.7 Å². The fourth-order valence-corrected chi connectivity index (χ4v) is 7.72. The smallest absolute Gasteiger partial charge is 0.459 e. The Morgan fingerprint density at radius 2 is 1.67 bits per heavy atom. The first-order valence-corrected chi connectivity index (χ1v) is 19.6. The molecule has 1 saturated heterocycles. The van der Waals surface area contributed by atoms with Gasteiger partial charge in [-0.1, -0.05) is 45.9 Å². The van der Waals surface area contributed by atoms with E-state index in [4.69, 9.17) is 39.5 Å². The molecule has 5 rings (SSSR count). The lowest BCUT2D eigenvalue weighted by atomic mass is 9.87. The van der Waals surface area contributed by atoms with Crippen LogP contribution in [0.1, 0.15) is 72.1 Å². The summed E-state index contributed by atoms with van der Waals surface area (Å²) in [6, 6.07) is 14.0. The molecule has 1 saturated carbocycles. The summed E-state index contributed by atoms with van der Waals surface area (Å²) >= 11 is 0. The molecule has 0 amide bonds. The van der Waals surface area contributed by atoms with Crippen LogP contribution < -0.4 is 21.1 Å². The molecule has 6 atom stereocenters. The maximum Gasteiger partial charge on any atom is 0.459 e. The number of carbonyl (C=O) groups excluding carboxylic acids is 3. The number of carbonyl (C=O) groups is 3. The Bertz CT molecular complexity index is 1880. The highest BCUT2D eigenvalue weighted by Crippen LogP contribution is 2.50. The SMILES string of the molecule is CC(C)C(=O)O[C@H]1[C@H](c2ccc3c(N)ccnn23)O[C@](C#N)(COP(=O)(N[C@@H](C)C(=O)OCC2CCC(N)CC2)Oc2ccccc2)[C@H]1OC(=O)C(C)C. The van der Waals surface area contributed by atoms with Gasteiger partial charge in [-0.3, -0.25) is 18.9 Å². The Labute approximate surface area is 314 Å². The number of ether oxygens (including phenoxy) is 4. The molecule has 3 aromatic rings. The number of rotatable bonds is 15. The van der Waals surface area contributed by atoms with Gasteiger partial charge < -0.3 is 34.9 Å². The van der Waals surface area contributed by atoms with Gasteiger partial charge in [0, 0.05) is 12.2 Å². The summed E-state index contributed by atoms with van der Waals surface area (Å²) in [7, 11) is -4.57. The van der Waals surface area contributed by atoms with E-state index >= 15 is 0 Å². The fourth-order valence-electron chi connectivity index (χ4n) is 6.20. The van der Waals surface area contributed by atoms with Gasteiger partial charge in [0.1, 0.15) is 30.6 Å². The summed E-state index contributed by atoms with van der Waals surface area (Å²) in [5, 5.41) is 17.9. The lowest BCUT2D eigenvalue weighted by Gasteiger charge is -2.31. The lowest BCUT2D eigenvalue weighted by Crippen LogP contribution is -2.50. The molecule has 2 aromatic heterocycles. The normalized spacial score (nSPS) is 25.8. The number of para-hydroxylation sites is 1. The maximum atomic E-state index is 14.6. The first kappa shape index (κ1) is 40.7.